The average molecular weight is 107 g/mol. The second-order valence-electron chi connectivity index (χ2n) is 1.55. The molecule has 0 amide bonds. The molecule has 0 spiro atoms. The Balaban J connectivity index is 2.20. The van der Waals surface area contributed by atoms with E-state index in [1.165, 1.54) is 0 Å². The molecule has 1 aliphatic rings. The Bertz CT molecular complexity index is 47.5. The van der Waals surface area contributed by atoms with Gasteiger partial charge in [0.25, 0.3) is 0 Å². The molecule has 0 bridgehead atoms. The number of alkyl halides is 1. The van der Waals surface area contributed by atoms with Crippen LogP contribution in [0.5, 0.6) is 0 Å². The van der Waals surface area contributed by atoms with Crippen molar-refractivity contribution in [1.29, 1.82) is 0 Å². The highest BCUT2D eigenvalue weighted by molar-refractivity contribution is 6.21. The van der Waals surface area contributed by atoms with Gasteiger partial charge in [-0.05, 0) is 6.92 Å². The third-order valence-electron chi connectivity index (χ3n) is 1.03. The van der Waals surface area contributed by atoms with E-state index in [1.807, 2.05) is 6.92 Å². The summed E-state index contributed by atoms with van der Waals surface area (Å²) in [4.78, 5) is 0. The number of halogens is 1. The highest BCUT2D eigenvalue weighted by atomic mass is 35.5. The first-order valence-electron chi connectivity index (χ1n) is 2.06. The monoisotopic (exact) mass is 106 g/mol. The fourth-order valence-electron chi connectivity index (χ4n) is 0.361. The van der Waals surface area contributed by atoms with Gasteiger partial charge in [-0.3, -0.25) is 0 Å². The molecule has 2 heteroatoms. The van der Waals surface area contributed by atoms with Crippen LogP contribution in [-0.2, 0) is 4.74 Å². The first-order chi connectivity index (χ1) is 2.80. The van der Waals surface area contributed by atoms with Gasteiger partial charge in [0.2, 0.25) is 0 Å². The van der Waals surface area contributed by atoms with E-state index in [-0.39, 0.29) is 5.38 Å². The molecule has 1 fully saturated rings. The molecule has 0 radical (unpaired) electrons. The minimum Gasteiger partial charge on any atom is -0.375 e. The van der Waals surface area contributed by atoms with Gasteiger partial charge in [-0.25, -0.2) is 0 Å². The Hall–Kier alpha value is 0.250. The first kappa shape index (κ1) is 4.41. The van der Waals surface area contributed by atoms with Crippen LogP contribution in [0.25, 0.3) is 0 Å². The molecule has 6 heavy (non-hydrogen) atoms. The van der Waals surface area contributed by atoms with Crippen molar-refractivity contribution in [3.63, 3.8) is 0 Å². The zero-order chi connectivity index (χ0) is 4.57. The predicted octanol–water partition coefficient (Wildman–Crippen LogP) is 1.01. The zero-order valence-corrected chi connectivity index (χ0v) is 4.40. The van der Waals surface area contributed by atoms with E-state index >= 15 is 0 Å². The highest BCUT2D eigenvalue weighted by Gasteiger charge is 2.24. The van der Waals surface area contributed by atoms with Crippen molar-refractivity contribution in [3.8, 4) is 0 Å². The van der Waals surface area contributed by atoms with Crippen LogP contribution in [0.4, 0.5) is 0 Å². The van der Waals surface area contributed by atoms with Gasteiger partial charge in [0.1, 0.15) is 0 Å². The molecular formula is C4H7ClO. The van der Waals surface area contributed by atoms with Gasteiger partial charge in [-0.1, -0.05) is 0 Å². The predicted molar refractivity (Wildman–Crippen MR) is 25.1 cm³/mol. The van der Waals surface area contributed by atoms with Crippen molar-refractivity contribution in [1.82, 2.24) is 0 Å². The molecule has 1 rings (SSSR count). The molecule has 0 aromatic heterocycles. The van der Waals surface area contributed by atoms with E-state index in [4.69, 9.17) is 16.3 Å². The summed E-state index contributed by atoms with van der Waals surface area (Å²) < 4.78 is 4.91. The number of rotatable bonds is 0. The number of hydrogen-bond donors (Lipinski definition) is 0. The van der Waals surface area contributed by atoms with Gasteiger partial charge < -0.3 is 4.74 Å². The largest absolute Gasteiger partial charge is 0.375 e. The number of ether oxygens (including phenoxy) is 1. The van der Waals surface area contributed by atoms with Crippen LogP contribution in [0.2, 0.25) is 0 Å². The minimum absolute atomic E-state index is 0.282. The number of hydrogen-bond acceptors (Lipinski definition) is 1. The second kappa shape index (κ2) is 1.39. The summed E-state index contributed by atoms with van der Waals surface area (Å²) in [6, 6.07) is 0. The molecule has 0 aromatic rings. The van der Waals surface area contributed by atoms with Gasteiger partial charge in [-0.15, -0.1) is 11.6 Å². The van der Waals surface area contributed by atoms with Crippen LogP contribution in [0.3, 0.4) is 0 Å². The quantitative estimate of drug-likeness (QED) is 0.419. The topological polar surface area (TPSA) is 9.23 Å². The van der Waals surface area contributed by atoms with E-state index < -0.39 is 0 Å². The molecule has 1 aliphatic heterocycles. The lowest BCUT2D eigenvalue weighted by atomic mass is 10.2. The maximum atomic E-state index is 5.57. The first-order valence-corrected chi connectivity index (χ1v) is 2.50. The summed E-state index contributed by atoms with van der Waals surface area (Å²) >= 11 is 5.57. The van der Waals surface area contributed by atoms with Crippen molar-refractivity contribution in [2.24, 2.45) is 0 Å². The van der Waals surface area contributed by atoms with Gasteiger partial charge in [0, 0.05) is 0 Å². The summed E-state index contributed by atoms with van der Waals surface area (Å²) in [5.41, 5.74) is 0. The summed E-state index contributed by atoms with van der Waals surface area (Å²) in [7, 11) is 0. The summed E-state index contributed by atoms with van der Waals surface area (Å²) in [6.07, 6.45) is 0.298. The smallest absolute Gasteiger partial charge is 0.0828 e. The zero-order valence-electron chi connectivity index (χ0n) is 3.65. The third kappa shape index (κ3) is 0.525. The van der Waals surface area contributed by atoms with Gasteiger partial charge in [0.15, 0.2) is 0 Å². The van der Waals surface area contributed by atoms with Gasteiger partial charge in [0.05, 0.1) is 18.1 Å². The van der Waals surface area contributed by atoms with E-state index in [2.05, 4.69) is 0 Å². The van der Waals surface area contributed by atoms with Crippen molar-refractivity contribution in [2.75, 3.05) is 6.61 Å². The molecule has 36 valence electrons. The normalized spacial score (nSPS) is 45.0. The maximum Gasteiger partial charge on any atom is 0.0828 e. The molecule has 2 atom stereocenters. The fraction of sp³-hybridized carbons (Fsp3) is 1.00. The van der Waals surface area contributed by atoms with Crippen LogP contribution in [0.15, 0.2) is 0 Å². The minimum atomic E-state index is 0.282. The summed E-state index contributed by atoms with van der Waals surface area (Å²) in [5, 5.41) is 0.282. The lowest BCUT2D eigenvalue weighted by Crippen LogP contribution is -2.37. The van der Waals surface area contributed by atoms with Crippen LogP contribution in [-0.4, -0.2) is 18.1 Å². The standard InChI is InChI=1S/C4H7ClO/c1-3-4(5)2-6-3/h3-4H,2H2,1H3/t3-,4-/m1/s1. The Morgan fingerprint density at radius 2 is 2.33 bits per heavy atom. The summed E-state index contributed by atoms with van der Waals surface area (Å²) in [5.74, 6) is 0. The van der Waals surface area contributed by atoms with E-state index in [0.717, 1.165) is 6.61 Å². The second-order valence-corrected chi connectivity index (χ2v) is 2.12. The fourth-order valence-corrected chi connectivity index (χ4v) is 0.507. The highest BCUT2D eigenvalue weighted by Crippen LogP contribution is 2.16. The van der Waals surface area contributed by atoms with Crippen LogP contribution in [0, 0.1) is 0 Å². The van der Waals surface area contributed by atoms with Crippen molar-refractivity contribution < 1.29 is 4.74 Å². The van der Waals surface area contributed by atoms with Crippen LogP contribution >= 0.6 is 11.6 Å². The maximum absolute atomic E-state index is 5.57. The van der Waals surface area contributed by atoms with E-state index in [1.54, 1.807) is 0 Å². The molecular weight excluding hydrogens is 99.5 g/mol. The van der Waals surface area contributed by atoms with Crippen molar-refractivity contribution >= 4 is 11.6 Å². The average Bonchev–Trinajstić information content (AvgIpc) is 1.61. The molecule has 0 saturated carbocycles. The van der Waals surface area contributed by atoms with Crippen molar-refractivity contribution in [2.45, 2.75) is 18.4 Å². The van der Waals surface area contributed by atoms with E-state index in [9.17, 15) is 0 Å². The van der Waals surface area contributed by atoms with E-state index in [0.29, 0.717) is 6.10 Å². The molecule has 1 nitrogen and oxygen atoms in total. The molecule has 0 N–H and O–H groups in total. The van der Waals surface area contributed by atoms with Crippen molar-refractivity contribution in [3.05, 3.63) is 0 Å². The Morgan fingerprint density at radius 1 is 1.83 bits per heavy atom. The molecule has 1 saturated heterocycles. The van der Waals surface area contributed by atoms with Crippen LogP contribution < -0.4 is 0 Å². The summed E-state index contributed by atoms with van der Waals surface area (Å²) in [6.45, 7) is 2.71. The Labute approximate surface area is 42.2 Å². The van der Waals surface area contributed by atoms with Crippen LogP contribution in [0.1, 0.15) is 6.92 Å². The molecule has 1 heterocycles. The van der Waals surface area contributed by atoms with Gasteiger partial charge in [-0.2, -0.15) is 0 Å². The van der Waals surface area contributed by atoms with Gasteiger partial charge >= 0.3 is 0 Å². The Morgan fingerprint density at radius 3 is 2.33 bits per heavy atom. The lowest BCUT2D eigenvalue weighted by molar-refractivity contribution is -0.0316. The lowest BCUT2D eigenvalue weighted by Gasteiger charge is -2.28. The molecule has 0 aromatic carbocycles. The SMILES string of the molecule is C[C@H]1OC[C@H]1Cl. The third-order valence-corrected chi connectivity index (χ3v) is 1.51. The molecule has 0 unspecified atom stereocenters. The molecule has 0 aliphatic carbocycles. The Kier molecular flexibility index (Phi) is 1.02.